The van der Waals surface area contributed by atoms with Crippen LogP contribution in [0.4, 0.5) is 0 Å². The lowest BCUT2D eigenvalue weighted by molar-refractivity contribution is -0.137. The van der Waals surface area contributed by atoms with E-state index in [1.54, 1.807) is 12.1 Å². The molecule has 28 heavy (non-hydrogen) atoms. The van der Waals surface area contributed by atoms with E-state index < -0.39 is 10.0 Å². The van der Waals surface area contributed by atoms with Gasteiger partial charge in [-0.2, -0.15) is 4.31 Å². The molecule has 0 unspecified atom stereocenters. The van der Waals surface area contributed by atoms with Crippen LogP contribution in [0.25, 0.3) is 10.8 Å². The number of sulfonamides is 1. The van der Waals surface area contributed by atoms with Crippen molar-refractivity contribution in [3.05, 3.63) is 42.5 Å². The lowest BCUT2D eigenvalue weighted by atomic mass is 9.96. The number of nitrogens with zero attached hydrogens (tertiary/aromatic N) is 2. The van der Waals surface area contributed by atoms with Gasteiger partial charge in [-0.3, -0.25) is 4.79 Å². The van der Waals surface area contributed by atoms with Crippen LogP contribution < -0.4 is 5.32 Å². The van der Waals surface area contributed by atoms with E-state index in [4.69, 9.17) is 0 Å². The van der Waals surface area contributed by atoms with Gasteiger partial charge < -0.3 is 10.2 Å². The van der Waals surface area contributed by atoms with Gasteiger partial charge in [0.15, 0.2) is 0 Å². The summed E-state index contributed by atoms with van der Waals surface area (Å²) in [4.78, 5) is 14.8. The number of halogens is 1. The van der Waals surface area contributed by atoms with Crippen LogP contribution in [-0.4, -0.2) is 62.8 Å². The fraction of sp³-hybridized carbons (Fsp3) is 0.450. The van der Waals surface area contributed by atoms with Crippen molar-refractivity contribution in [3.8, 4) is 0 Å². The van der Waals surface area contributed by atoms with Crippen molar-refractivity contribution in [2.45, 2.75) is 17.7 Å². The number of nitrogens with one attached hydrogen (secondary N) is 1. The number of benzene rings is 2. The molecule has 8 heteroatoms. The maximum absolute atomic E-state index is 13.0. The number of hydrogen-bond donors (Lipinski definition) is 1. The number of rotatable bonds is 3. The molecule has 1 N–H and O–H groups in total. The number of carbonyl (C=O) groups excluding carboxylic acids is 1. The summed E-state index contributed by atoms with van der Waals surface area (Å²) >= 11 is 0. The summed E-state index contributed by atoms with van der Waals surface area (Å²) in [6, 6.07) is 13.0. The summed E-state index contributed by atoms with van der Waals surface area (Å²) in [5.74, 6) is 0.258. The summed E-state index contributed by atoms with van der Waals surface area (Å²) < 4.78 is 27.5. The first-order valence-electron chi connectivity index (χ1n) is 9.54. The van der Waals surface area contributed by atoms with Crippen LogP contribution in [0.15, 0.2) is 47.4 Å². The van der Waals surface area contributed by atoms with Crippen LogP contribution in [0.1, 0.15) is 12.8 Å². The van der Waals surface area contributed by atoms with Crippen molar-refractivity contribution in [2.24, 2.45) is 5.92 Å². The Kier molecular flexibility index (Phi) is 6.60. The Morgan fingerprint density at radius 3 is 2.25 bits per heavy atom. The lowest BCUT2D eigenvalue weighted by Gasteiger charge is -2.36. The molecule has 2 aromatic rings. The number of piperidine rings is 1. The third-order valence-corrected chi connectivity index (χ3v) is 7.49. The molecule has 2 aliphatic heterocycles. The SMILES string of the molecule is Cl.O=C(C1CCNCC1)N1CCN(S(=O)(=O)c2ccc3ccccc3c2)CC1. The minimum Gasteiger partial charge on any atom is -0.340 e. The average Bonchev–Trinajstić information content (AvgIpc) is 2.73. The first-order chi connectivity index (χ1) is 13.1. The highest BCUT2D eigenvalue weighted by Crippen LogP contribution is 2.24. The third kappa shape index (κ3) is 4.17. The van der Waals surface area contributed by atoms with Gasteiger partial charge in [-0.05, 0) is 48.8 Å². The van der Waals surface area contributed by atoms with E-state index in [0.29, 0.717) is 31.1 Å². The Morgan fingerprint density at radius 1 is 0.929 bits per heavy atom. The second kappa shape index (κ2) is 8.78. The average molecular weight is 424 g/mol. The molecule has 0 saturated carbocycles. The Balaban J connectivity index is 0.00000225. The summed E-state index contributed by atoms with van der Waals surface area (Å²) in [6.45, 7) is 3.41. The Morgan fingerprint density at radius 2 is 1.57 bits per heavy atom. The molecule has 2 saturated heterocycles. The molecule has 6 nitrogen and oxygen atoms in total. The van der Waals surface area contributed by atoms with Gasteiger partial charge in [0.25, 0.3) is 0 Å². The molecule has 4 rings (SSSR count). The molecule has 0 radical (unpaired) electrons. The predicted molar refractivity (Wildman–Crippen MR) is 112 cm³/mol. The quantitative estimate of drug-likeness (QED) is 0.820. The van der Waals surface area contributed by atoms with Crippen molar-refractivity contribution in [2.75, 3.05) is 39.3 Å². The van der Waals surface area contributed by atoms with Crippen molar-refractivity contribution < 1.29 is 13.2 Å². The first kappa shape index (κ1) is 21.0. The largest absolute Gasteiger partial charge is 0.340 e. The van der Waals surface area contributed by atoms with Crippen LogP contribution in [-0.2, 0) is 14.8 Å². The molecule has 152 valence electrons. The fourth-order valence-corrected chi connectivity index (χ4v) is 5.41. The van der Waals surface area contributed by atoms with Crippen molar-refractivity contribution in [1.29, 1.82) is 0 Å². The van der Waals surface area contributed by atoms with E-state index in [1.165, 1.54) is 4.31 Å². The van der Waals surface area contributed by atoms with Crippen LogP contribution in [0.2, 0.25) is 0 Å². The summed E-state index contributed by atoms with van der Waals surface area (Å²) in [5, 5.41) is 5.21. The van der Waals surface area contributed by atoms with E-state index in [-0.39, 0.29) is 24.2 Å². The van der Waals surface area contributed by atoms with Crippen molar-refractivity contribution in [3.63, 3.8) is 0 Å². The predicted octanol–water partition coefficient (Wildman–Crippen LogP) is 2.09. The van der Waals surface area contributed by atoms with Gasteiger partial charge in [-0.1, -0.05) is 30.3 Å². The summed E-state index contributed by atoms with van der Waals surface area (Å²) in [7, 11) is -3.54. The highest BCUT2D eigenvalue weighted by molar-refractivity contribution is 7.89. The van der Waals surface area contributed by atoms with Gasteiger partial charge in [-0.15, -0.1) is 12.4 Å². The van der Waals surface area contributed by atoms with Gasteiger partial charge >= 0.3 is 0 Å². The monoisotopic (exact) mass is 423 g/mol. The van der Waals surface area contributed by atoms with Gasteiger partial charge in [0, 0.05) is 32.1 Å². The smallest absolute Gasteiger partial charge is 0.243 e. The van der Waals surface area contributed by atoms with Crippen LogP contribution in [0, 0.1) is 5.92 Å². The van der Waals surface area contributed by atoms with Gasteiger partial charge in [-0.25, -0.2) is 8.42 Å². The molecule has 2 aromatic carbocycles. The molecule has 0 bridgehead atoms. The third-order valence-electron chi connectivity index (χ3n) is 5.60. The van der Waals surface area contributed by atoms with E-state index in [2.05, 4.69) is 5.32 Å². The number of piperazine rings is 1. The highest BCUT2D eigenvalue weighted by atomic mass is 35.5. The van der Waals surface area contributed by atoms with E-state index in [1.807, 2.05) is 35.2 Å². The zero-order chi connectivity index (χ0) is 18.9. The Bertz CT molecular complexity index is 937. The molecule has 0 spiro atoms. The normalized spacial score (nSPS) is 19.4. The maximum Gasteiger partial charge on any atom is 0.243 e. The van der Waals surface area contributed by atoms with Gasteiger partial charge in [0.05, 0.1) is 4.90 Å². The molecular weight excluding hydrogens is 398 g/mol. The Hall–Kier alpha value is -1.67. The maximum atomic E-state index is 13.0. The molecule has 0 aromatic heterocycles. The van der Waals surface area contributed by atoms with Crippen molar-refractivity contribution in [1.82, 2.24) is 14.5 Å². The molecule has 2 aliphatic rings. The number of carbonyl (C=O) groups is 1. The molecule has 0 atom stereocenters. The number of hydrogen-bond acceptors (Lipinski definition) is 4. The minimum atomic E-state index is -3.54. The standard InChI is InChI=1S/C20H25N3O3S.ClH/c24-20(17-7-9-21-10-8-17)22-11-13-23(14-12-22)27(25,26)19-6-5-16-3-1-2-4-18(16)15-19;/h1-6,15,17,21H,7-14H2;1H. The Labute approximate surface area is 172 Å². The summed E-state index contributed by atoms with van der Waals surface area (Å²) in [6.07, 6.45) is 1.74. The van der Waals surface area contributed by atoms with E-state index in [0.717, 1.165) is 36.7 Å². The zero-order valence-electron chi connectivity index (χ0n) is 15.7. The first-order valence-corrected chi connectivity index (χ1v) is 11.0. The van der Waals surface area contributed by atoms with Crippen LogP contribution in [0.5, 0.6) is 0 Å². The summed E-state index contributed by atoms with van der Waals surface area (Å²) in [5.41, 5.74) is 0. The number of amides is 1. The second-order valence-corrected chi connectivity index (χ2v) is 9.20. The molecule has 2 heterocycles. The van der Waals surface area contributed by atoms with Gasteiger partial charge in [0.2, 0.25) is 15.9 Å². The van der Waals surface area contributed by atoms with Crippen LogP contribution in [0.3, 0.4) is 0 Å². The second-order valence-electron chi connectivity index (χ2n) is 7.26. The highest BCUT2D eigenvalue weighted by Gasteiger charge is 2.32. The van der Waals surface area contributed by atoms with Crippen molar-refractivity contribution >= 4 is 39.1 Å². The van der Waals surface area contributed by atoms with Gasteiger partial charge in [0.1, 0.15) is 0 Å². The molecular formula is C20H26ClN3O3S. The topological polar surface area (TPSA) is 69.7 Å². The molecule has 2 fully saturated rings. The minimum absolute atomic E-state index is 0. The fourth-order valence-electron chi connectivity index (χ4n) is 3.95. The number of fused-ring (bicyclic) bond motifs is 1. The molecule has 1 amide bonds. The lowest BCUT2D eigenvalue weighted by Crippen LogP contribution is -2.52. The van der Waals surface area contributed by atoms with E-state index in [9.17, 15) is 13.2 Å². The van der Waals surface area contributed by atoms with Crippen LogP contribution >= 0.6 is 12.4 Å². The van der Waals surface area contributed by atoms with E-state index >= 15 is 0 Å². The molecule has 0 aliphatic carbocycles. The zero-order valence-corrected chi connectivity index (χ0v) is 17.3.